The summed E-state index contributed by atoms with van der Waals surface area (Å²) < 4.78 is 39.1. The normalized spacial score (nSPS) is 12.0. The van der Waals surface area contributed by atoms with E-state index in [1.165, 1.54) is 16.6 Å². The number of rotatable bonds is 1. The minimum atomic E-state index is -4.37. The maximum absolute atomic E-state index is 12.6. The van der Waals surface area contributed by atoms with Crippen molar-refractivity contribution in [3.8, 4) is 11.4 Å². The number of nitrogen functional groups attached to an aromatic ring is 1. The molecule has 0 amide bonds. The van der Waals surface area contributed by atoms with Gasteiger partial charge in [0.15, 0.2) is 11.5 Å². The van der Waals surface area contributed by atoms with E-state index < -0.39 is 11.7 Å². The van der Waals surface area contributed by atoms with E-state index in [0.29, 0.717) is 17.0 Å². The highest BCUT2D eigenvalue weighted by atomic mass is 19.4. The first-order valence-corrected chi connectivity index (χ1v) is 6.02. The van der Waals surface area contributed by atoms with Crippen LogP contribution in [0.15, 0.2) is 30.5 Å². The second-order valence-electron chi connectivity index (χ2n) is 4.55. The third-order valence-corrected chi connectivity index (χ3v) is 3.03. The van der Waals surface area contributed by atoms with Gasteiger partial charge in [0.2, 0.25) is 5.95 Å². The molecule has 8 heteroatoms. The fourth-order valence-electron chi connectivity index (χ4n) is 2.01. The third kappa shape index (κ3) is 2.28. The Hall–Kier alpha value is -2.64. The van der Waals surface area contributed by atoms with E-state index in [4.69, 9.17) is 5.73 Å². The van der Waals surface area contributed by atoms with Crippen molar-refractivity contribution < 1.29 is 13.2 Å². The van der Waals surface area contributed by atoms with Crippen LogP contribution in [-0.4, -0.2) is 19.6 Å². The van der Waals surface area contributed by atoms with Gasteiger partial charge in [0.1, 0.15) is 0 Å². The Balaban J connectivity index is 2.15. The fraction of sp³-hybridized carbons (Fsp3) is 0.154. The van der Waals surface area contributed by atoms with Crippen LogP contribution in [0.25, 0.3) is 17.0 Å². The van der Waals surface area contributed by atoms with E-state index in [9.17, 15) is 13.2 Å². The molecule has 0 aliphatic carbocycles. The van der Waals surface area contributed by atoms with E-state index in [1.807, 2.05) is 0 Å². The monoisotopic (exact) mass is 293 g/mol. The van der Waals surface area contributed by atoms with Gasteiger partial charge in [-0.2, -0.15) is 22.7 Å². The largest absolute Gasteiger partial charge is 0.416 e. The Morgan fingerprint density at radius 3 is 2.43 bits per heavy atom. The van der Waals surface area contributed by atoms with E-state index in [0.717, 1.165) is 17.7 Å². The molecule has 3 aromatic rings. The maximum Gasteiger partial charge on any atom is 0.416 e. The summed E-state index contributed by atoms with van der Waals surface area (Å²) in [6, 6.07) is 4.70. The molecule has 1 aromatic carbocycles. The lowest BCUT2D eigenvalue weighted by molar-refractivity contribution is -0.137. The van der Waals surface area contributed by atoms with Crippen LogP contribution in [0.2, 0.25) is 0 Å². The van der Waals surface area contributed by atoms with Crippen LogP contribution in [0.5, 0.6) is 0 Å². The molecule has 0 saturated heterocycles. The van der Waals surface area contributed by atoms with Crippen LogP contribution in [-0.2, 0) is 6.18 Å². The van der Waals surface area contributed by atoms with Crippen LogP contribution in [0, 0.1) is 6.92 Å². The average molecular weight is 293 g/mol. The van der Waals surface area contributed by atoms with E-state index in [-0.39, 0.29) is 5.95 Å². The van der Waals surface area contributed by atoms with Gasteiger partial charge in [-0.25, -0.2) is 4.98 Å². The SMILES string of the molecule is Cc1cnc(-c2ccc(C(F)(F)F)cc2)n2nc(N)nc12. The van der Waals surface area contributed by atoms with Crippen LogP contribution in [0.3, 0.4) is 0 Å². The Labute approximate surface area is 117 Å². The van der Waals surface area contributed by atoms with Gasteiger partial charge >= 0.3 is 6.18 Å². The highest BCUT2D eigenvalue weighted by Gasteiger charge is 2.30. The van der Waals surface area contributed by atoms with Crippen LogP contribution < -0.4 is 5.73 Å². The number of nitrogens with two attached hydrogens (primary N) is 1. The first-order valence-electron chi connectivity index (χ1n) is 6.02. The number of fused-ring (bicyclic) bond motifs is 1. The zero-order chi connectivity index (χ0) is 15.2. The molecule has 0 radical (unpaired) electrons. The Kier molecular flexibility index (Phi) is 2.82. The Bertz CT molecular complexity index is 805. The fourth-order valence-corrected chi connectivity index (χ4v) is 2.01. The molecule has 0 saturated carbocycles. The minimum Gasteiger partial charge on any atom is -0.366 e. The van der Waals surface area contributed by atoms with Gasteiger partial charge in [-0.05, 0) is 19.1 Å². The van der Waals surface area contributed by atoms with Crippen molar-refractivity contribution in [3.63, 3.8) is 0 Å². The third-order valence-electron chi connectivity index (χ3n) is 3.03. The summed E-state index contributed by atoms with van der Waals surface area (Å²) in [6.45, 7) is 1.80. The standard InChI is InChI=1S/C13H10F3N5/c1-7-6-18-11(21-10(7)19-12(17)20-21)8-2-4-9(5-3-8)13(14,15)16/h2-6H,1H3,(H2,17,20). The molecule has 3 rings (SSSR count). The first kappa shape index (κ1) is 13.3. The smallest absolute Gasteiger partial charge is 0.366 e. The zero-order valence-electron chi connectivity index (χ0n) is 10.9. The summed E-state index contributed by atoms with van der Waals surface area (Å²) in [4.78, 5) is 8.27. The number of anilines is 1. The number of aromatic nitrogens is 4. The molecule has 0 aliphatic heterocycles. The van der Waals surface area contributed by atoms with Crippen LogP contribution >= 0.6 is 0 Å². The molecule has 0 bridgehead atoms. The number of hydrogen-bond donors (Lipinski definition) is 1. The molecule has 5 nitrogen and oxygen atoms in total. The minimum absolute atomic E-state index is 0.0826. The highest BCUT2D eigenvalue weighted by Crippen LogP contribution is 2.30. The van der Waals surface area contributed by atoms with Crippen molar-refractivity contribution in [2.75, 3.05) is 5.73 Å². The lowest BCUT2D eigenvalue weighted by Crippen LogP contribution is -2.05. The van der Waals surface area contributed by atoms with E-state index in [1.54, 1.807) is 13.1 Å². The number of hydrogen-bond acceptors (Lipinski definition) is 4. The van der Waals surface area contributed by atoms with Crippen LogP contribution in [0.4, 0.5) is 19.1 Å². The Morgan fingerprint density at radius 1 is 1.14 bits per heavy atom. The summed E-state index contributed by atoms with van der Waals surface area (Å²) in [5, 5.41) is 4.02. The van der Waals surface area contributed by atoms with Crippen molar-refractivity contribution in [1.29, 1.82) is 0 Å². The van der Waals surface area contributed by atoms with E-state index in [2.05, 4.69) is 15.1 Å². The molecule has 2 aromatic heterocycles. The van der Waals surface area contributed by atoms with Crippen LogP contribution in [0.1, 0.15) is 11.1 Å². The van der Waals surface area contributed by atoms with E-state index >= 15 is 0 Å². The number of nitrogens with zero attached hydrogens (tertiary/aromatic N) is 4. The number of alkyl halides is 3. The summed E-state index contributed by atoms with van der Waals surface area (Å²) in [7, 11) is 0. The lowest BCUT2D eigenvalue weighted by Gasteiger charge is -2.08. The average Bonchev–Trinajstić information content (AvgIpc) is 2.81. The molecule has 0 fully saturated rings. The number of aryl methyl sites for hydroxylation is 1. The second kappa shape index (κ2) is 4.44. The zero-order valence-corrected chi connectivity index (χ0v) is 10.9. The predicted octanol–water partition coefficient (Wildman–Crippen LogP) is 2.70. The summed E-state index contributed by atoms with van der Waals surface area (Å²) in [5.74, 6) is 0.466. The van der Waals surface area contributed by atoms with Crippen molar-refractivity contribution in [2.45, 2.75) is 13.1 Å². The molecule has 0 atom stereocenters. The summed E-state index contributed by atoms with van der Waals surface area (Å²) in [6.07, 6.45) is -2.79. The molecule has 2 N–H and O–H groups in total. The van der Waals surface area contributed by atoms with Gasteiger partial charge in [0, 0.05) is 17.3 Å². The molecule has 21 heavy (non-hydrogen) atoms. The molecular formula is C13H10F3N5. The van der Waals surface area contributed by atoms with Gasteiger partial charge in [-0.1, -0.05) is 12.1 Å². The molecule has 0 aliphatic rings. The van der Waals surface area contributed by atoms with Gasteiger partial charge < -0.3 is 5.73 Å². The predicted molar refractivity (Wildman–Crippen MR) is 70.4 cm³/mol. The topological polar surface area (TPSA) is 69.1 Å². The van der Waals surface area contributed by atoms with Gasteiger partial charge in [-0.3, -0.25) is 0 Å². The molecular weight excluding hydrogens is 283 g/mol. The molecule has 2 heterocycles. The van der Waals surface area contributed by atoms with Crippen molar-refractivity contribution in [1.82, 2.24) is 19.6 Å². The van der Waals surface area contributed by atoms with Crippen molar-refractivity contribution >= 4 is 11.6 Å². The van der Waals surface area contributed by atoms with Crippen molar-refractivity contribution in [2.24, 2.45) is 0 Å². The quantitative estimate of drug-likeness (QED) is 0.749. The molecule has 108 valence electrons. The number of halogens is 3. The van der Waals surface area contributed by atoms with Gasteiger partial charge in [0.25, 0.3) is 0 Å². The highest BCUT2D eigenvalue weighted by molar-refractivity contribution is 5.61. The second-order valence-corrected chi connectivity index (χ2v) is 4.55. The van der Waals surface area contributed by atoms with Gasteiger partial charge in [-0.15, -0.1) is 5.10 Å². The van der Waals surface area contributed by atoms with Gasteiger partial charge in [0.05, 0.1) is 5.56 Å². The maximum atomic E-state index is 12.6. The Morgan fingerprint density at radius 2 is 1.81 bits per heavy atom. The lowest BCUT2D eigenvalue weighted by atomic mass is 10.1. The summed E-state index contributed by atoms with van der Waals surface area (Å²) >= 11 is 0. The number of benzene rings is 1. The first-order chi connectivity index (χ1) is 9.86. The summed E-state index contributed by atoms with van der Waals surface area (Å²) in [5.41, 5.74) is 6.65. The molecule has 0 spiro atoms. The van der Waals surface area contributed by atoms with Crippen molar-refractivity contribution in [3.05, 3.63) is 41.6 Å². The molecule has 0 unspecified atom stereocenters.